The van der Waals surface area contributed by atoms with Crippen molar-refractivity contribution in [2.24, 2.45) is 0 Å². The van der Waals surface area contributed by atoms with Crippen LogP contribution in [0.25, 0.3) is 0 Å². The molecule has 2 unspecified atom stereocenters. The van der Waals surface area contributed by atoms with Crippen LogP contribution in [0.5, 0.6) is 0 Å². The highest BCUT2D eigenvalue weighted by Gasteiger charge is 2.29. The van der Waals surface area contributed by atoms with Crippen molar-refractivity contribution >= 4 is 35.8 Å². The van der Waals surface area contributed by atoms with Gasteiger partial charge < -0.3 is 10.6 Å². The molecular weight excluding hydrogens is 316 g/mol. The molecule has 1 heterocycles. The van der Waals surface area contributed by atoms with E-state index in [1.807, 2.05) is 23.9 Å². The van der Waals surface area contributed by atoms with E-state index in [1.54, 1.807) is 0 Å². The summed E-state index contributed by atoms with van der Waals surface area (Å²) >= 11 is 1.99. The Morgan fingerprint density at radius 3 is 3.05 bits per heavy atom. The van der Waals surface area contributed by atoms with E-state index < -0.39 is 0 Å². The van der Waals surface area contributed by atoms with Gasteiger partial charge in [0.25, 0.3) is 5.91 Å². The second-order valence-corrected chi connectivity index (χ2v) is 7.38. The Morgan fingerprint density at radius 2 is 2.23 bits per heavy atom. The van der Waals surface area contributed by atoms with Crippen molar-refractivity contribution in [1.29, 1.82) is 0 Å². The molecule has 0 bridgehead atoms. The van der Waals surface area contributed by atoms with Crippen LogP contribution in [0.15, 0.2) is 18.2 Å². The van der Waals surface area contributed by atoms with Gasteiger partial charge in [0.05, 0.1) is 0 Å². The number of hydrogen-bond donors (Lipinski definition) is 2. The monoisotopic (exact) mass is 340 g/mol. The van der Waals surface area contributed by atoms with Gasteiger partial charge in [-0.1, -0.05) is 19.4 Å². The molecule has 1 aliphatic carbocycles. The molecule has 0 aromatic heterocycles. The number of benzene rings is 1. The molecule has 1 saturated carbocycles. The SMILES string of the molecule is CCSC1CCCC1NC(=O)c1cccc2c1CCCN2.Cl. The van der Waals surface area contributed by atoms with E-state index >= 15 is 0 Å². The summed E-state index contributed by atoms with van der Waals surface area (Å²) in [6, 6.07) is 6.38. The first-order valence-corrected chi connectivity index (χ1v) is 9.12. The second kappa shape index (κ2) is 8.11. The highest BCUT2D eigenvalue weighted by atomic mass is 35.5. The van der Waals surface area contributed by atoms with Gasteiger partial charge >= 0.3 is 0 Å². The minimum Gasteiger partial charge on any atom is -0.385 e. The van der Waals surface area contributed by atoms with Crippen LogP contribution in [-0.2, 0) is 6.42 Å². The van der Waals surface area contributed by atoms with Gasteiger partial charge in [0.15, 0.2) is 0 Å². The molecule has 5 heteroatoms. The van der Waals surface area contributed by atoms with E-state index in [2.05, 4.69) is 23.6 Å². The molecular formula is C17H25ClN2OS. The maximum Gasteiger partial charge on any atom is 0.251 e. The first-order chi connectivity index (χ1) is 10.3. The van der Waals surface area contributed by atoms with Crippen LogP contribution in [0.2, 0.25) is 0 Å². The zero-order chi connectivity index (χ0) is 14.7. The van der Waals surface area contributed by atoms with E-state index in [0.717, 1.165) is 42.8 Å². The molecule has 0 spiro atoms. The third-order valence-corrected chi connectivity index (χ3v) is 5.82. The number of halogens is 1. The number of carbonyl (C=O) groups excluding carboxylic acids is 1. The lowest BCUT2D eigenvalue weighted by molar-refractivity contribution is 0.0937. The van der Waals surface area contributed by atoms with Crippen LogP contribution in [0.4, 0.5) is 5.69 Å². The maximum atomic E-state index is 12.7. The predicted octanol–water partition coefficient (Wildman–Crippen LogP) is 3.87. The van der Waals surface area contributed by atoms with Gasteiger partial charge in [-0.15, -0.1) is 12.4 Å². The lowest BCUT2D eigenvalue weighted by Crippen LogP contribution is -2.39. The minimum atomic E-state index is 0. The summed E-state index contributed by atoms with van der Waals surface area (Å²) in [5.41, 5.74) is 3.20. The first kappa shape index (κ1) is 17.5. The number of hydrogen-bond acceptors (Lipinski definition) is 3. The van der Waals surface area contributed by atoms with Gasteiger partial charge in [-0.3, -0.25) is 4.79 Å². The van der Waals surface area contributed by atoms with Crippen LogP contribution in [0.3, 0.4) is 0 Å². The Bertz CT molecular complexity index is 523. The molecule has 122 valence electrons. The van der Waals surface area contributed by atoms with E-state index in [1.165, 1.54) is 18.4 Å². The van der Waals surface area contributed by atoms with Crippen LogP contribution in [-0.4, -0.2) is 29.5 Å². The normalized spacial score (nSPS) is 23.1. The van der Waals surface area contributed by atoms with Gasteiger partial charge in [0, 0.05) is 29.1 Å². The maximum absolute atomic E-state index is 12.7. The number of amides is 1. The average molecular weight is 341 g/mol. The van der Waals surface area contributed by atoms with Crippen molar-refractivity contribution in [2.75, 3.05) is 17.6 Å². The predicted molar refractivity (Wildman–Crippen MR) is 97.5 cm³/mol. The molecule has 1 aliphatic heterocycles. The summed E-state index contributed by atoms with van der Waals surface area (Å²) in [4.78, 5) is 12.7. The third kappa shape index (κ3) is 3.72. The van der Waals surface area contributed by atoms with Gasteiger partial charge in [-0.25, -0.2) is 0 Å². The van der Waals surface area contributed by atoms with Crippen molar-refractivity contribution < 1.29 is 4.79 Å². The standard InChI is InChI=1S/C17H24N2OS.ClH/c1-2-21-16-10-4-9-15(16)19-17(20)13-6-3-8-14-12(13)7-5-11-18-14;/h3,6,8,15-16,18H,2,4-5,7,9-11H2,1H3,(H,19,20);1H. The highest BCUT2D eigenvalue weighted by Crippen LogP contribution is 2.31. The summed E-state index contributed by atoms with van der Waals surface area (Å²) in [6.07, 6.45) is 5.70. The largest absolute Gasteiger partial charge is 0.385 e. The van der Waals surface area contributed by atoms with E-state index in [4.69, 9.17) is 0 Å². The molecule has 1 fully saturated rings. The van der Waals surface area contributed by atoms with Crippen molar-refractivity contribution in [3.05, 3.63) is 29.3 Å². The fourth-order valence-corrected chi connectivity index (χ4v) is 4.67. The Kier molecular flexibility index (Phi) is 6.45. The molecule has 2 atom stereocenters. The van der Waals surface area contributed by atoms with E-state index in [-0.39, 0.29) is 18.3 Å². The van der Waals surface area contributed by atoms with Crippen molar-refractivity contribution in [3.8, 4) is 0 Å². The summed E-state index contributed by atoms with van der Waals surface area (Å²) < 4.78 is 0. The molecule has 1 amide bonds. The zero-order valence-corrected chi connectivity index (χ0v) is 14.7. The lowest BCUT2D eigenvalue weighted by atomic mass is 9.97. The van der Waals surface area contributed by atoms with Crippen LogP contribution in [0, 0.1) is 0 Å². The Morgan fingerprint density at radius 1 is 1.36 bits per heavy atom. The summed E-state index contributed by atoms with van der Waals surface area (Å²) in [5.74, 6) is 1.24. The van der Waals surface area contributed by atoms with Crippen molar-refractivity contribution in [1.82, 2.24) is 5.32 Å². The van der Waals surface area contributed by atoms with Gasteiger partial charge in [-0.2, -0.15) is 11.8 Å². The highest BCUT2D eigenvalue weighted by molar-refractivity contribution is 7.99. The Hall–Kier alpha value is -0.870. The number of carbonyl (C=O) groups is 1. The van der Waals surface area contributed by atoms with Crippen molar-refractivity contribution in [3.63, 3.8) is 0 Å². The zero-order valence-electron chi connectivity index (χ0n) is 13.1. The summed E-state index contributed by atoms with van der Waals surface area (Å²) in [5, 5.41) is 7.28. The molecule has 2 N–H and O–H groups in total. The number of rotatable bonds is 4. The van der Waals surface area contributed by atoms with Crippen LogP contribution >= 0.6 is 24.2 Å². The van der Waals surface area contributed by atoms with Crippen LogP contribution in [0.1, 0.15) is 48.5 Å². The average Bonchev–Trinajstić information content (AvgIpc) is 2.94. The van der Waals surface area contributed by atoms with Gasteiger partial charge in [0.1, 0.15) is 0 Å². The molecule has 3 rings (SSSR count). The summed E-state index contributed by atoms with van der Waals surface area (Å²) in [6.45, 7) is 3.21. The lowest BCUT2D eigenvalue weighted by Gasteiger charge is -2.23. The summed E-state index contributed by atoms with van der Waals surface area (Å²) in [7, 11) is 0. The smallest absolute Gasteiger partial charge is 0.251 e. The van der Waals surface area contributed by atoms with Crippen LogP contribution < -0.4 is 10.6 Å². The van der Waals surface area contributed by atoms with Crippen molar-refractivity contribution in [2.45, 2.75) is 50.3 Å². The number of fused-ring (bicyclic) bond motifs is 1. The minimum absolute atomic E-state index is 0. The fourth-order valence-electron chi connectivity index (χ4n) is 3.47. The second-order valence-electron chi connectivity index (χ2n) is 5.87. The Balaban J connectivity index is 0.00000176. The first-order valence-electron chi connectivity index (χ1n) is 8.08. The molecule has 3 nitrogen and oxygen atoms in total. The van der Waals surface area contributed by atoms with E-state index in [9.17, 15) is 4.79 Å². The fraction of sp³-hybridized carbons (Fsp3) is 0.588. The number of thioether (sulfide) groups is 1. The van der Waals surface area contributed by atoms with Gasteiger partial charge in [-0.05, 0) is 49.1 Å². The van der Waals surface area contributed by atoms with E-state index in [0.29, 0.717) is 11.3 Å². The molecule has 0 saturated heterocycles. The Labute approximate surface area is 143 Å². The third-order valence-electron chi connectivity index (χ3n) is 4.49. The number of nitrogens with one attached hydrogen (secondary N) is 2. The molecule has 1 aromatic carbocycles. The topological polar surface area (TPSA) is 41.1 Å². The molecule has 0 radical (unpaired) electrons. The number of anilines is 1. The molecule has 1 aromatic rings. The molecule has 2 aliphatic rings. The van der Waals surface area contributed by atoms with Gasteiger partial charge in [0.2, 0.25) is 0 Å². The quantitative estimate of drug-likeness (QED) is 0.874. The molecule has 22 heavy (non-hydrogen) atoms.